The van der Waals surface area contributed by atoms with Crippen molar-refractivity contribution in [2.24, 2.45) is 0 Å². The van der Waals surface area contributed by atoms with Gasteiger partial charge in [-0.3, -0.25) is 4.79 Å². The summed E-state index contributed by atoms with van der Waals surface area (Å²) in [7, 11) is 0. The van der Waals surface area contributed by atoms with E-state index in [0.717, 1.165) is 34.1 Å². The molecule has 5 heteroatoms. The molecule has 1 amide bonds. The largest absolute Gasteiger partial charge is 0.478 e. The lowest BCUT2D eigenvalue weighted by Gasteiger charge is -2.27. The smallest absolute Gasteiger partial charge is 0.335 e. The SMILES string of the molecule is Cc1cccc(C(=O)N2CCc3[nH]c4ccc(C(=O)O)cc4c3C2)c1. The number of hydrogen-bond donors (Lipinski definition) is 2. The van der Waals surface area contributed by atoms with Gasteiger partial charge in [-0.2, -0.15) is 0 Å². The van der Waals surface area contributed by atoms with Crippen LogP contribution < -0.4 is 0 Å². The number of benzene rings is 2. The van der Waals surface area contributed by atoms with Gasteiger partial charge in [-0.05, 0) is 37.3 Å². The molecular weight excluding hydrogens is 316 g/mol. The molecule has 0 fully saturated rings. The lowest BCUT2D eigenvalue weighted by molar-refractivity contribution is 0.0694. The van der Waals surface area contributed by atoms with E-state index < -0.39 is 5.97 Å². The summed E-state index contributed by atoms with van der Waals surface area (Å²) < 4.78 is 0. The Morgan fingerprint density at radius 3 is 2.72 bits per heavy atom. The van der Waals surface area contributed by atoms with Gasteiger partial charge >= 0.3 is 5.97 Å². The molecule has 1 aliphatic rings. The number of carboxylic acid groups (broad SMARTS) is 1. The zero-order valence-corrected chi connectivity index (χ0v) is 13.9. The van der Waals surface area contributed by atoms with Gasteiger partial charge in [0.25, 0.3) is 5.91 Å². The van der Waals surface area contributed by atoms with Crippen LogP contribution in [0.1, 0.15) is 37.5 Å². The highest BCUT2D eigenvalue weighted by Crippen LogP contribution is 2.29. The number of rotatable bonds is 2. The average molecular weight is 334 g/mol. The van der Waals surface area contributed by atoms with Crippen LogP contribution in [0.2, 0.25) is 0 Å². The van der Waals surface area contributed by atoms with Crippen LogP contribution in [0.3, 0.4) is 0 Å². The molecule has 5 nitrogen and oxygen atoms in total. The van der Waals surface area contributed by atoms with Crippen molar-refractivity contribution < 1.29 is 14.7 Å². The summed E-state index contributed by atoms with van der Waals surface area (Å²) in [6, 6.07) is 12.7. The van der Waals surface area contributed by atoms with Crippen molar-refractivity contribution in [1.29, 1.82) is 0 Å². The third-order valence-corrected chi connectivity index (χ3v) is 4.77. The van der Waals surface area contributed by atoms with Crippen molar-refractivity contribution in [3.8, 4) is 0 Å². The molecule has 0 spiro atoms. The number of aromatic nitrogens is 1. The van der Waals surface area contributed by atoms with E-state index in [1.807, 2.05) is 36.1 Å². The van der Waals surface area contributed by atoms with Crippen LogP contribution in [-0.4, -0.2) is 33.4 Å². The Bertz CT molecular complexity index is 1000. The minimum absolute atomic E-state index is 0.0121. The van der Waals surface area contributed by atoms with E-state index >= 15 is 0 Å². The van der Waals surface area contributed by atoms with Crippen LogP contribution in [0.15, 0.2) is 42.5 Å². The lowest BCUT2D eigenvalue weighted by atomic mass is 10.0. The first-order valence-corrected chi connectivity index (χ1v) is 8.25. The van der Waals surface area contributed by atoms with Gasteiger partial charge in [-0.25, -0.2) is 4.79 Å². The summed E-state index contributed by atoms with van der Waals surface area (Å²) in [5, 5.41) is 10.1. The fraction of sp³-hybridized carbons (Fsp3) is 0.200. The van der Waals surface area contributed by atoms with Crippen molar-refractivity contribution in [2.75, 3.05) is 6.54 Å². The molecule has 0 radical (unpaired) electrons. The maximum absolute atomic E-state index is 12.8. The van der Waals surface area contributed by atoms with E-state index in [1.54, 1.807) is 18.2 Å². The molecule has 4 rings (SSSR count). The molecule has 0 unspecified atom stereocenters. The van der Waals surface area contributed by atoms with E-state index in [9.17, 15) is 14.7 Å². The van der Waals surface area contributed by atoms with Crippen molar-refractivity contribution >= 4 is 22.8 Å². The third-order valence-electron chi connectivity index (χ3n) is 4.77. The minimum Gasteiger partial charge on any atom is -0.478 e. The number of carboxylic acids is 1. The van der Waals surface area contributed by atoms with Crippen LogP contribution in [-0.2, 0) is 13.0 Å². The lowest BCUT2D eigenvalue weighted by Crippen LogP contribution is -2.35. The van der Waals surface area contributed by atoms with Gasteiger partial charge in [0, 0.05) is 47.2 Å². The number of hydrogen-bond acceptors (Lipinski definition) is 2. The van der Waals surface area contributed by atoms with Crippen molar-refractivity contribution in [3.63, 3.8) is 0 Å². The second kappa shape index (κ2) is 5.77. The van der Waals surface area contributed by atoms with E-state index in [0.29, 0.717) is 18.7 Å². The molecule has 2 heterocycles. The number of nitrogens with one attached hydrogen (secondary N) is 1. The maximum atomic E-state index is 12.8. The molecule has 2 N–H and O–H groups in total. The number of carbonyl (C=O) groups excluding carboxylic acids is 1. The van der Waals surface area contributed by atoms with E-state index in [1.165, 1.54) is 0 Å². The summed E-state index contributed by atoms with van der Waals surface area (Å²) in [6.45, 7) is 3.11. The minimum atomic E-state index is -0.944. The topological polar surface area (TPSA) is 73.4 Å². The first-order chi connectivity index (χ1) is 12.0. The normalized spacial score (nSPS) is 13.7. The monoisotopic (exact) mass is 334 g/mol. The molecule has 1 aliphatic heterocycles. The first kappa shape index (κ1) is 15.4. The highest BCUT2D eigenvalue weighted by molar-refractivity contribution is 5.97. The van der Waals surface area contributed by atoms with Crippen LogP contribution in [0.4, 0.5) is 0 Å². The summed E-state index contributed by atoms with van der Waals surface area (Å²) in [6.07, 6.45) is 0.740. The number of H-pyrrole nitrogens is 1. The van der Waals surface area contributed by atoms with Gasteiger partial charge in [0.1, 0.15) is 0 Å². The van der Waals surface area contributed by atoms with E-state index in [2.05, 4.69) is 4.98 Å². The maximum Gasteiger partial charge on any atom is 0.335 e. The third kappa shape index (κ3) is 2.67. The Balaban J connectivity index is 1.70. The predicted molar refractivity (Wildman–Crippen MR) is 94.9 cm³/mol. The molecule has 3 aromatic rings. The molecule has 2 aromatic carbocycles. The predicted octanol–water partition coefficient (Wildman–Crippen LogP) is 3.37. The molecule has 126 valence electrons. The number of nitrogens with zero attached hydrogens (tertiary/aromatic N) is 1. The summed E-state index contributed by atoms with van der Waals surface area (Å²) >= 11 is 0. The second-order valence-electron chi connectivity index (χ2n) is 6.49. The summed E-state index contributed by atoms with van der Waals surface area (Å²) in [5.41, 5.74) is 5.03. The van der Waals surface area contributed by atoms with E-state index in [4.69, 9.17) is 0 Å². The second-order valence-corrected chi connectivity index (χ2v) is 6.49. The molecule has 25 heavy (non-hydrogen) atoms. The highest BCUT2D eigenvalue weighted by atomic mass is 16.4. The Kier molecular flexibility index (Phi) is 3.57. The summed E-state index contributed by atoms with van der Waals surface area (Å²) in [5.74, 6) is -0.932. The molecule has 0 atom stereocenters. The molecule has 0 saturated heterocycles. The van der Waals surface area contributed by atoms with Gasteiger partial charge in [-0.1, -0.05) is 17.7 Å². The fourth-order valence-corrected chi connectivity index (χ4v) is 3.48. The summed E-state index contributed by atoms with van der Waals surface area (Å²) in [4.78, 5) is 29.3. The van der Waals surface area contributed by atoms with Crippen molar-refractivity contribution in [3.05, 3.63) is 70.4 Å². The van der Waals surface area contributed by atoms with Crippen LogP contribution in [0.5, 0.6) is 0 Å². The van der Waals surface area contributed by atoms with Crippen molar-refractivity contribution in [2.45, 2.75) is 19.9 Å². The zero-order chi connectivity index (χ0) is 17.6. The van der Waals surface area contributed by atoms with Gasteiger partial charge in [0.15, 0.2) is 0 Å². The number of amides is 1. The van der Waals surface area contributed by atoms with Gasteiger partial charge < -0.3 is 15.0 Å². The Morgan fingerprint density at radius 1 is 1.12 bits per heavy atom. The number of aryl methyl sites for hydroxylation is 1. The van der Waals surface area contributed by atoms with Gasteiger partial charge in [0.05, 0.1) is 5.56 Å². The first-order valence-electron chi connectivity index (χ1n) is 8.25. The zero-order valence-electron chi connectivity index (χ0n) is 13.9. The Morgan fingerprint density at radius 2 is 1.96 bits per heavy atom. The average Bonchev–Trinajstić information content (AvgIpc) is 2.98. The fourth-order valence-electron chi connectivity index (χ4n) is 3.48. The van der Waals surface area contributed by atoms with E-state index in [-0.39, 0.29) is 11.5 Å². The quantitative estimate of drug-likeness (QED) is 0.754. The molecular formula is C20H18N2O3. The molecule has 0 aliphatic carbocycles. The van der Waals surface area contributed by atoms with Gasteiger partial charge in [0.2, 0.25) is 0 Å². The van der Waals surface area contributed by atoms with Crippen molar-refractivity contribution in [1.82, 2.24) is 9.88 Å². The number of aromatic amines is 1. The van der Waals surface area contributed by atoms with Crippen LogP contribution in [0, 0.1) is 6.92 Å². The Labute approximate surface area is 144 Å². The van der Waals surface area contributed by atoms with Gasteiger partial charge in [-0.15, -0.1) is 0 Å². The number of fused-ring (bicyclic) bond motifs is 3. The molecule has 0 saturated carbocycles. The number of aromatic carboxylic acids is 1. The molecule has 1 aromatic heterocycles. The highest BCUT2D eigenvalue weighted by Gasteiger charge is 2.25. The number of carbonyl (C=O) groups is 2. The standard InChI is InChI=1S/C20H18N2O3/c1-12-3-2-4-13(9-12)19(23)22-8-7-18-16(11-22)15-10-14(20(24)25)5-6-17(15)21-18/h2-6,9-10,21H,7-8,11H2,1H3,(H,24,25). The molecule has 0 bridgehead atoms. The van der Waals surface area contributed by atoms with Crippen LogP contribution >= 0.6 is 0 Å². The van der Waals surface area contributed by atoms with Crippen LogP contribution in [0.25, 0.3) is 10.9 Å². The Hall–Kier alpha value is -3.08.